The van der Waals surface area contributed by atoms with Gasteiger partial charge in [0.15, 0.2) is 0 Å². The molecule has 1 heterocycles. The summed E-state index contributed by atoms with van der Waals surface area (Å²) in [6.45, 7) is 0. The molecule has 0 unspecified atom stereocenters. The predicted octanol–water partition coefficient (Wildman–Crippen LogP) is 3.23. The molecule has 1 aliphatic heterocycles. The fraction of sp³-hybridized carbons (Fsp3) is 0.0714. The molecule has 1 aliphatic rings. The van der Waals surface area contributed by atoms with Gasteiger partial charge >= 0.3 is 5.97 Å². The molecule has 19 heavy (non-hydrogen) atoms. The molecule has 3 nitrogen and oxygen atoms in total. The topological polar surface area (TPSA) is 38.7 Å². The van der Waals surface area contributed by atoms with Crippen LogP contribution in [-0.2, 0) is 9.53 Å². The van der Waals surface area contributed by atoms with E-state index in [-0.39, 0.29) is 11.4 Å². The number of halogens is 2. The van der Waals surface area contributed by atoms with Crippen molar-refractivity contribution in [1.29, 1.82) is 0 Å². The van der Waals surface area contributed by atoms with Gasteiger partial charge in [0.25, 0.3) is 0 Å². The summed E-state index contributed by atoms with van der Waals surface area (Å²) in [5.41, 5.74) is 4.62. The number of methoxy groups -OCH3 is 1. The van der Waals surface area contributed by atoms with Crippen molar-refractivity contribution in [3.63, 3.8) is 0 Å². The van der Waals surface area contributed by atoms with Gasteiger partial charge < -0.3 is 4.74 Å². The second kappa shape index (κ2) is 5.78. The first-order valence-corrected chi connectivity index (χ1v) is 6.16. The van der Waals surface area contributed by atoms with E-state index in [0.29, 0.717) is 10.2 Å². The van der Waals surface area contributed by atoms with Gasteiger partial charge in [0.2, 0.25) is 0 Å². The number of nitrogens with zero attached hydrogens (tertiary/aromatic N) is 1. The third-order valence-electron chi connectivity index (χ3n) is 2.45. The standard InChI is InChI=1S/C14H9BrFNO2/c1-19-14(18)10-4-7-12(13(15)17-8-10)9-2-5-11(16)6-3-9/h2-6,8H,1H3. The average molecular weight is 322 g/mol. The third kappa shape index (κ3) is 3.08. The first kappa shape index (κ1) is 13.5. The van der Waals surface area contributed by atoms with Gasteiger partial charge in [0.05, 0.1) is 18.3 Å². The summed E-state index contributed by atoms with van der Waals surface area (Å²) in [5, 5.41) is 0. The quantitative estimate of drug-likeness (QED) is 0.619. The fourth-order valence-electron chi connectivity index (χ4n) is 1.49. The van der Waals surface area contributed by atoms with E-state index in [2.05, 4.69) is 31.4 Å². The first-order valence-electron chi connectivity index (χ1n) is 5.36. The minimum atomic E-state index is -0.489. The van der Waals surface area contributed by atoms with E-state index in [0.717, 1.165) is 5.56 Å². The smallest absolute Gasteiger partial charge is 0.340 e. The van der Waals surface area contributed by atoms with Crippen LogP contribution >= 0.6 is 15.9 Å². The van der Waals surface area contributed by atoms with Crippen molar-refractivity contribution >= 4 is 32.1 Å². The Bertz CT molecular complexity index is 638. The molecule has 1 aromatic carbocycles. The largest absolute Gasteiger partial charge is 0.465 e. The van der Waals surface area contributed by atoms with Crippen molar-refractivity contribution in [2.45, 2.75) is 0 Å². The van der Waals surface area contributed by atoms with Crippen molar-refractivity contribution in [3.8, 4) is 0 Å². The molecule has 2 rings (SSSR count). The van der Waals surface area contributed by atoms with Crippen molar-refractivity contribution in [2.24, 2.45) is 4.99 Å². The number of aliphatic imine (C=N–C) groups is 1. The Morgan fingerprint density at radius 2 is 2.05 bits per heavy atom. The van der Waals surface area contributed by atoms with Crippen molar-refractivity contribution in [3.05, 3.63) is 59.2 Å². The third-order valence-corrected chi connectivity index (χ3v) is 3.05. The van der Waals surface area contributed by atoms with Crippen molar-refractivity contribution in [2.75, 3.05) is 7.11 Å². The number of benzene rings is 1. The van der Waals surface area contributed by atoms with E-state index in [1.807, 2.05) is 0 Å². The summed E-state index contributed by atoms with van der Waals surface area (Å²) < 4.78 is 18.0. The highest BCUT2D eigenvalue weighted by molar-refractivity contribution is 9.18. The van der Waals surface area contributed by atoms with Crippen LogP contribution < -0.4 is 0 Å². The molecule has 0 atom stereocenters. The van der Waals surface area contributed by atoms with Gasteiger partial charge in [0.1, 0.15) is 10.4 Å². The van der Waals surface area contributed by atoms with Crippen LogP contribution in [0.1, 0.15) is 5.56 Å². The highest BCUT2D eigenvalue weighted by atomic mass is 79.9. The van der Waals surface area contributed by atoms with Crippen LogP contribution in [0.3, 0.4) is 0 Å². The number of esters is 1. The van der Waals surface area contributed by atoms with Crippen LogP contribution in [0.2, 0.25) is 0 Å². The van der Waals surface area contributed by atoms with Gasteiger partial charge in [-0.25, -0.2) is 14.2 Å². The molecule has 0 bridgehead atoms. The molecule has 1 aromatic rings. The van der Waals surface area contributed by atoms with Gasteiger partial charge in [-0.1, -0.05) is 12.1 Å². The lowest BCUT2D eigenvalue weighted by atomic mass is 10.1. The minimum absolute atomic E-state index is 0.288. The van der Waals surface area contributed by atoms with E-state index in [1.54, 1.807) is 12.1 Å². The molecular formula is C14H9BrFNO2. The Labute approximate surface area is 117 Å². The van der Waals surface area contributed by atoms with E-state index in [9.17, 15) is 9.18 Å². The Hall–Kier alpha value is -1.97. The fourth-order valence-corrected chi connectivity index (χ4v) is 1.93. The molecule has 0 aromatic heterocycles. The normalized spacial score (nSPS) is 14.2. The molecule has 0 radical (unpaired) electrons. The minimum Gasteiger partial charge on any atom is -0.465 e. The molecule has 0 aliphatic carbocycles. The lowest BCUT2D eigenvalue weighted by Gasteiger charge is -2.01. The molecule has 0 saturated heterocycles. The highest BCUT2D eigenvalue weighted by Crippen LogP contribution is 2.21. The van der Waals surface area contributed by atoms with Crippen LogP contribution in [0.4, 0.5) is 4.39 Å². The molecular weight excluding hydrogens is 313 g/mol. The SMILES string of the molecule is COC(=O)C1=CN=C(Br)C(c2ccc(F)cc2)=C=C1. The molecule has 0 fully saturated rings. The van der Waals surface area contributed by atoms with Crippen LogP contribution in [0, 0.1) is 5.82 Å². The van der Waals surface area contributed by atoms with Crippen molar-refractivity contribution < 1.29 is 13.9 Å². The summed E-state index contributed by atoms with van der Waals surface area (Å²) in [5.74, 6) is -0.805. The molecule has 0 spiro atoms. The second-order valence-corrected chi connectivity index (χ2v) is 4.42. The van der Waals surface area contributed by atoms with E-state index in [4.69, 9.17) is 0 Å². The Balaban J connectivity index is 2.45. The summed E-state index contributed by atoms with van der Waals surface area (Å²) in [4.78, 5) is 15.5. The van der Waals surface area contributed by atoms with Crippen LogP contribution in [-0.4, -0.2) is 17.7 Å². The maximum atomic E-state index is 12.9. The summed E-state index contributed by atoms with van der Waals surface area (Å²) in [6.07, 6.45) is 2.88. The van der Waals surface area contributed by atoms with Crippen LogP contribution in [0.25, 0.3) is 5.57 Å². The highest BCUT2D eigenvalue weighted by Gasteiger charge is 2.12. The lowest BCUT2D eigenvalue weighted by Crippen LogP contribution is -2.01. The zero-order valence-corrected chi connectivity index (χ0v) is 11.6. The predicted molar refractivity (Wildman–Crippen MR) is 74.4 cm³/mol. The Kier molecular flexibility index (Phi) is 4.10. The second-order valence-electron chi connectivity index (χ2n) is 3.67. The van der Waals surface area contributed by atoms with E-state index < -0.39 is 5.97 Å². The molecule has 0 saturated carbocycles. The Morgan fingerprint density at radius 3 is 2.68 bits per heavy atom. The molecule has 0 amide bonds. The maximum absolute atomic E-state index is 12.9. The summed E-state index contributed by atoms with van der Waals surface area (Å²) in [6, 6.07) is 5.94. The summed E-state index contributed by atoms with van der Waals surface area (Å²) in [7, 11) is 1.30. The maximum Gasteiger partial charge on any atom is 0.340 e. The van der Waals surface area contributed by atoms with Crippen molar-refractivity contribution in [1.82, 2.24) is 0 Å². The summed E-state index contributed by atoms with van der Waals surface area (Å²) >= 11 is 3.30. The number of ether oxygens (including phenoxy) is 1. The zero-order valence-electron chi connectivity index (χ0n) is 9.98. The van der Waals surface area contributed by atoms with Gasteiger partial charge in [-0.2, -0.15) is 0 Å². The van der Waals surface area contributed by atoms with Crippen LogP contribution in [0.5, 0.6) is 0 Å². The average Bonchev–Trinajstić information content (AvgIpc) is 2.61. The molecule has 0 N–H and O–H groups in total. The number of hydrogen-bond donors (Lipinski definition) is 0. The van der Waals surface area contributed by atoms with Gasteiger partial charge in [-0.15, -0.1) is 5.73 Å². The monoisotopic (exact) mass is 321 g/mol. The van der Waals surface area contributed by atoms with Gasteiger partial charge in [0, 0.05) is 6.20 Å². The van der Waals surface area contributed by atoms with Gasteiger partial charge in [-0.05, 0) is 39.7 Å². The number of carbonyl (C=O) groups is 1. The van der Waals surface area contributed by atoms with Crippen LogP contribution in [0.15, 0.2) is 52.8 Å². The number of hydrogen-bond acceptors (Lipinski definition) is 3. The van der Waals surface area contributed by atoms with Gasteiger partial charge in [-0.3, -0.25) is 0 Å². The molecule has 5 heteroatoms. The number of carbonyl (C=O) groups excluding carboxylic acids is 1. The lowest BCUT2D eigenvalue weighted by molar-refractivity contribution is -0.135. The zero-order chi connectivity index (χ0) is 13.8. The first-order chi connectivity index (χ1) is 9.11. The molecule has 96 valence electrons. The van der Waals surface area contributed by atoms with E-state index >= 15 is 0 Å². The Morgan fingerprint density at radius 1 is 1.37 bits per heavy atom. The van der Waals surface area contributed by atoms with E-state index in [1.165, 1.54) is 31.5 Å². The number of rotatable bonds is 2.